The largest absolute Gasteiger partial charge is 0.471 e. The van der Waals surface area contributed by atoms with Crippen molar-refractivity contribution in [3.8, 4) is 11.8 Å². The van der Waals surface area contributed by atoms with Crippen molar-refractivity contribution in [3.63, 3.8) is 0 Å². The third kappa shape index (κ3) is 7.91. The molecule has 1 unspecified atom stereocenters. The fourth-order valence-corrected chi connectivity index (χ4v) is 2.35. The predicted octanol–water partition coefficient (Wildman–Crippen LogP) is 1.56. The molecule has 23 heavy (non-hydrogen) atoms. The second kappa shape index (κ2) is 10.0. The minimum Gasteiger partial charge on any atom is -0.377 e. The van der Waals surface area contributed by atoms with Crippen LogP contribution in [0.25, 0.3) is 0 Å². The van der Waals surface area contributed by atoms with E-state index in [4.69, 9.17) is 9.63 Å². The summed E-state index contributed by atoms with van der Waals surface area (Å²) in [4.78, 5) is 20.8. The summed E-state index contributed by atoms with van der Waals surface area (Å²) < 4.78 is 39.3. The molecular formula is C14H23FNO6P. The maximum absolute atomic E-state index is 14.5. The summed E-state index contributed by atoms with van der Waals surface area (Å²) in [6.07, 6.45) is 3.14. The summed E-state index contributed by atoms with van der Waals surface area (Å²) in [5.74, 6) is 4.38. The van der Waals surface area contributed by atoms with E-state index in [0.717, 1.165) is 20.0 Å². The molecule has 0 aromatic heterocycles. The first kappa shape index (κ1) is 20.1. The molecule has 0 heterocycles. The molecule has 0 spiro atoms. The van der Waals surface area contributed by atoms with E-state index in [1.165, 1.54) is 0 Å². The van der Waals surface area contributed by atoms with Gasteiger partial charge >= 0.3 is 7.82 Å². The lowest BCUT2D eigenvalue weighted by molar-refractivity contribution is -0.130. The Balaban J connectivity index is 2.19. The summed E-state index contributed by atoms with van der Waals surface area (Å²) in [7, 11) is -2.94. The molecule has 2 atom stereocenters. The van der Waals surface area contributed by atoms with Crippen LogP contribution in [-0.2, 0) is 23.1 Å². The van der Waals surface area contributed by atoms with Gasteiger partial charge in [-0.15, -0.1) is 0 Å². The molecule has 0 bridgehead atoms. The SMILES string of the molecule is COP(=O)(O)OCCOCCNC(=O)[C@]1(F)C#CCCCCC1. The van der Waals surface area contributed by atoms with Crippen molar-refractivity contribution >= 4 is 13.7 Å². The van der Waals surface area contributed by atoms with Crippen LogP contribution in [0.1, 0.15) is 32.1 Å². The highest BCUT2D eigenvalue weighted by Gasteiger charge is 2.36. The van der Waals surface area contributed by atoms with Gasteiger partial charge in [-0.3, -0.25) is 13.8 Å². The van der Waals surface area contributed by atoms with Crippen molar-refractivity contribution in [2.24, 2.45) is 0 Å². The Morgan fingerprint density at radius 1 is 1.35 bits per heavy atom. The second-order valence-corrected chi connectivity index (χ2v) is 6.58. The van der Waals surface area contributed by atoms with Crippen molar-refractivity contribution in [1.82, 2.24) is 5.32 Å². The fourth-order valence-electron chi connectivity index (χ4n) is 1.94. The number of phosphoric acid groups is 1. The molecule has 132 valence electrons. The maximum Gasteiger partial charge on any atom is 0.471 e. The van der Waals surface area contributed by atoms with E-state index in [-0.39, 0.29) is 32.8 Å². The molecule has 0 radical (unpaired) electrons. The highest BCUT2D eigenvalue weighted by Crippen LogP contribution is 2.41. The lowest BCUT2D eigenvalue weighted by atomic mass is 9.94. The zero-order valence-corrected chi connectivity index (χ0v) is 14.1. The van der Waals surface area contributed by atoms with E-state index >= 15 is 0 Å². The number of rotatable bonds is 9. The van der Waals surface area contributed by atoms with Crippen LogP contribution in [-0.4, -0.2) is 49.9 Å². The van der Waals surface area contributed by atoms with Gasteiger partial charge in [0.15, 0.2) is 0 Å². The van der Waals surface area contributed by atoms with Crippen molar-refractivity contribution in [2.75, 3.05) is 33.5 Å². The van der Waals surface area contributed by atoms with Crippen molar-refractivity contribution < 1.29 is 32.4 Å². The van der Waals surface area contributed by atoms with Gasteiger partial charge in [-0.2, -0.15) is 0 Å². The third-order valence-corrected chi connectivity index (χ3v) is 4.18. The molecule has 1 amide bonds. The first-order chi connectivity index (χ1) is 10.9. The molecule has 9 heteroatoms. The van der Waals surface area contributed by atoms with Gasteiger partial charge in [-0.25, -0.2) is 8.96 Å². The molecule has 0 aromatic carbocycles. The Morgan fingerprint density at radius 3 is 2.87 bits per heavy atom. The van der Waals surface area contributed by atoms with Crippen LogP contribution >= 0.6 is 7.82 Å². The zero-order valence-electron chi connectivity index (χ0n) is 13.2. The monoisotopic (exact) mass is 351 g/mol. The Hall–Kier alpha value is -0.970. The molecular weight excluding hydrogens is 328 g/mol. The molecule has 0 saturated heterocycles. The lowest BCUT2D eigenvalue weighted by Gasteiger charge is -2.20. The minimum absolute atomic E-state index is 0.0460. The Kier molecular flexibility index (Phi) is 8.74. The van der Waals surface area contributed by atoms with E-state index in [1.54, 1.807) is 0 Å². The summed E-state index contributed by atoms with van der Waals surface area (Å²) in [5, 5.41) is 2.45. The van der Waals surface area contributed by atoms with Gasteiger partial charge < -0.3 is 14.9 Å². The predicted molar refractivity (Wildman–Crippen MR) is 81.3 cm³/mol. The van der Waals surface area contributed by atoms with E-state index in [2.05, 4.69) is 26.2 Å². The molecule has 0 aliphatic heterocycles. The highest BCUT2D eigenvalue weighted by atomic mass is 31.2. The number of amides is 1. The normalized spacial score (nSPS) is 23.8. The minimum atomic E-state index is -3.99. The van der Waals surface area contributed by atoms with Crippen LogP contribution < -0.4 is 5.32 Å². The fraction of sp³-hybridized carbons (Fsp3) is 0.786. The summed E-state index contributed by atoms with van der Waals surface area (Å²) in [6, 6.07) is 0. The average molecular weight is 351 g/mol. The zero-order chi connectivity index (χ0) is 17.2. The number of carbonyl (C=O) groups excluding carboxylic acids is 1. The number of ether oxygens (including phenoxy) is 1. The average Bonchev–Trinajstić information content (AvgIpc) is 2.50. The van der Waals surface area contributed by atoms with Gasteiger partial charge in [0.05, 0.1) is 19.8 Å². The van der Waals surface area contributed by atoms with Gasteiger partial charge in [-0.05, 0) is 12.8 Å². The quantitative estimate of drug-likeness (QED) is 0.372. The number of nitrogens with one attached hydrogen (secondary N) is 1. The number of halogens is 1. The van der Waals surface area contributed by atoms with Crippen LogP contribution in [0, 0.1) is 11.8 Å². The standard InChI is InChI=1S/C14H23FNO6P/c1-20-23(18,19)22-12-11-21-10-9-16-13(17)14(15)7-5-3-2-4-6-8-14/h2-5,7,9-12H2,1H3,(H,16,17)(H,18,19)/t14-/m1/s1. The molecule has 0 fully saturated rings. The topological polar surface area (TPSA) is 94.1 Å². The Labute approximate surface area is 135 Å². The second-order valence-electron chi connectivity index (χ2n) is 5.02. The first-order valence-electron chi connectivity index (χ1n) is 7.48. The van der Waals surface area contributed by atoms with Crippen LogP contribution in [0.3, 0.4) is 0 Å². The van der Waals surface area contributed by atoms with Gasteiger partial charge in [-0.1, -0.05) is 18.3 Å². The summed E-state index contributed by atoms with van der Waals surface area (Å²) in [6.45, 7) is 0.160. The Bertz CT molecular complexity index is 491. The van der Waals surface area contributed by atoms with Gasteiger partial charge in [0, 0.05) is 26.5 Å². The first-order valence-corrected chi connectivity index (χ1v) is 8.97. The molecule has 1 aliphatic carbocycles. The summed E-state index contributed by atoms with van der Waals surface area (Å²) >= 11 is 0. The van der Waals surface area contributed by atoms with Crippen LogP contribution in [0.4, 0.5) is 4.39 Å². The van der Waals surface area contributed by atoms with E-state index < -0.39 is 19.4 Å². The molecule has 1 aliphatic rings. The van der Waals surface area contributed by atoms with E-state index in [0.29, 0.717) is 12.8 Å². The van der Waals surface area contributed by atoms with Crippen molar-refractivity contribution in [3.05, 3.63) is 0 Å². The molecule has 0 saturated carbocycles. The van der Waals surface area contributed by atoms with E-state index in [9.17, 15) is 13.8 Å². The smallest absolute Gasteiger partial charge is 0.377 e. The van der Waals surface area contributed by atoms with Crippen LogP contribution in [0.15, 0.2) is 0 Å². The Morgan fingerprint density at radius 2 is 2.13 bits per heavy atom. The molecule has 2 N–H and O–H groups in total. The number of phosphoric ester groups is 1. The number of hydrogen-bond donors (Lipinski definition) is 2. The number of alkyl halides is 1. The maximum atomic E-state index is 14.5. The van der Waals surface area contributed by atoms with Gasteiger partial charge in [0.1, 0.15) is 0 Å². The third-order valence-electron chi connectivity index (χ3n) is 3.21. The lowest BCUT2D eigenvalue weighted by Crippen LogP contribution is -2.44. The summed E-state index contributed by atoms with van der Waals surface area (Å²) in [5.41, 5.74) is -2.13. The van der Waals surface area contributed by atoms with Gasteiger partial charge in [0.25, 0.3) is 5.91 Å². The van der Waals surface area contributed by atoms with Crippen molar-refractivity contribution in [1.29, 1.82) is 0 Å². The molecule has 1 rings (SSSR count). The van der Waals surface area contributed by atoms with Crippen LogP contribution in [0.2, 0.25) is 0 Å². The van der Waals surface area contributed by atoms with Crippen molar-refractivity contribution in [2.45, 2.75) is 37.8 Å². The molecule has 7 nitrogen and oxygen atoms in total. The number of carbonyl (C=O) groups is 1. The van der Waals surface area contributed by atoms with Crippen LogP contribution in [0.5, 0.6) is 0 Å². The number of hydrogen-bond acceptors (Lipinski definition) is 5. The van der Waals surface area contributed by atoms with E-state index in [1.807, 2.05) is 0 Å². The molecule has 0 aromatic rings. The highest BCUT2D eigenvalue weighted by molar-refractivity contribution is 7.47. The van der Waals surface area contributed by atoms with Gasteiger partial charge in [0.2, 0.25) is 5.67 Å².